The fourth-order valence-corrected chi connectivity index (χ4v) is 4.17. The molecule has 218 valence electrons. The summed E-state index contributed by atoms with van der Waals surface area (Å²) in [6, 6.07) is 6.63. The van der Waals surface area contributed by atoms with Crippen molar-refractivity contribution in [1.29, 1.82) is 0 Å². The molecule has 3 atom stereocenters. The van der Waals surface area contributed by atoms with Crippen LogP contribution in [0.2, 0.25) is 0 Å². The van der Waals surface area contributed by atoms with Gasteiger partial charge in [0.15, 0.2) is 6.04 Å². The molecule has 11 heteroatoms. The fourth-order valence-electron chi connectivity index (χ4n) is 4.17. The quantitative estimate of drug-likeness (QED) is 0.107. The Morgan fingerprint density at radius 1 is 1.05 bits per heavy atom. The lowest BCUT2D eigenvalue weighted by Gasteiger charge is -2.22. The zero-order valence-electron chi connectivity index (χ0n) is 23.3. The third-order valence-electron chi connectivity index (χ3n) is 6.45. The second kappa shape index (κ2) is 18.0. The third kappa shape index (κ3) is 11.5. The highest BCUT2D eigenvalue weighted by Crippen LogP contribution is 2.28. The molecule has 0 fully saturated rings. The monoisotopic (exact) mass is 549 g/mol. The molecule has 1 aliphatic rings. The van der Waals surface area contributed by atoms with Crippen LogP contribution in [0.15, 0.2) is 29.3 Å². The molecule has 1 aromatic rings. The minimum Gasteiger partial charge on any atom is -0.493 e. The fraction of sp³-hybridized carbons (Fsp3) is 0.643. The Hall–Kier alpha value is -3.34. The van der Waals surface area contributed by atoms with Crippen LogP contribution >= 0.6 is 0 Å². The van der Waals surface area contributed by atoms with Gasteiger partial charge in [0.2, 0.25) is 11.8 Å². The molecular formula is C28H43N3O8. The van der Waals surface area contributed by atoms with Crippen molar-refractivity contribution in [3.8, 4) is 5.75 Å². The van der Waals surface area contributed by atoms with Gasteiger partial charge in [0.25, 0.3) is 0 Å². The van der Waals surface area contributed by atoms with Crippen LogP contribution in [-0.4, -0.2) is 68.1 Å². The van der Waals surface area contributed by atoms with Gasteiger partial charge in [0.05, 0.1) is 20.3 Å². The average molecular weight is 550 g/mol. The molecule has 0 radical (unpaired) electrons. The molecule has 2 amide bonds. The summed E-state index contributed by atoms with van der Waals surface area (Å²) in [5.41, 5.74) is 2.35. The van der Waals surface area contributed by atoms with E-state index in [1.54, 1.807) is 5.48 Å². The number of nitrogens with one attached hydrogen (secondary N) is 2. The summed E-state index contributed by atoms with van der Waals surface area (Å²) in [6.45, 7) is 5.30. The predicted octanol–water partition coefficient (Wildman–Crippen LogP) is 4.15. The van der Waals surface area contributed by atoms with E-state index in [1.165, 1.54) is 7.11 Å². The minimum atomic E-state index is -0.671. The van der Waals surface area contributed by atoms with Gasteiger partial charge in [-0.25, -0.2) is 20.1 Å². The van der Waals surface area contributed by atoms with Crippen molar-refractivity contribution < 1.29 is 38.5 Å². The number of nitrogens with zero attached hydrogens (tertiary/aromatic N) is 1. The molecule has 11 nitrogen and oxygen atoms in total. The molecule has 39 heavy (non-hydrogen) atoms. The van der Waals surface area contributed by atoms with Gasteiger partial charge in [-0.15, -0.1) is 0 Å². The number of unbranched alkanes of at least 4 members (excludes halogenated alkanes) is 4. The molecule has 0 aliphatic carbocycles. The van der Waals surface area contributed by atoms with Crippen molar-refractivity contribution in [1.82, 2.24) is 10.8 Å². The molecule has 0 spiro atoms. The van der Waals surface area contributed by atoms with Gasteiger partial charge in [0.1, 0.15) is 11.9 Å². The number of amides is 2. The first kappa shape index (κ1) is 31.9. The smallest absolute Gasteiger partial charge is 0.407 e. The van der Waals surface area contributed by atoms with E-state index in [0.717, 1.165) is 37.7 Å². The molecule has 0 saturated carbocycles. The van der Waals surface area contributed by atoms with E-state index in [9.17, 15) is 14.4 Å². The zero-order valence-corrected chi connectivity index (χ0v) is 23.3. The molecule has 0 aromatic heterocycles. The highest BCUT2D eigenvalue weighted by Gasteiger charge is 2.40. The normalized spacial score (nSPS) is 17.0. The molecule has 3 unspecified atom stereocenters. The Morgan fingerprint density at radius 2 is 1.82 bits per heavy atom. The van der Waals surface area contributed by atoms with E-state index in [0.29, 0.717) is 44.1 Å². The van der Waals surface area contributed by atoms with Gasteiger partial charge >= 0.3 is 12.1 Å². The molecular weight excluding hydrogens is 506 g/mol. The first-order valence-electron chi connectivity index (χ1n) is 13.8. The van der Waals surface area contributed by atoms with Crippen LogP contribution in [-0.2, 0) is 23.8 Å². The van der Waals surface area contributed by atoms with Gasteiger partial charge < -0.3 is 24.3 Å². The standard InChI is InChI=1S/C28H43N3O8/c1-4-5-7-11-20(2)25-24(27(33)36-3)30-26(39-25)21-13-15-22(16-14-21)37-18-10-19-38-28(34)29-17-9-6-8-12-23(32)31-35/h13-16,20,24-25,35H,4-12,17-19H2,1-3H3,(H,29,34)(H,31,32). The van der Waals surface area contributed by atoms with Crippen molar-refractivity contribution >= 4 is 23.9 Å². The highest BCUT2D eigenvalue weighted by atomic mass is 16.6. The van der Waals surface area contributed by atoms with Crippen molar-refractivity contribution in [2.75, 3.05) is 26.9 Å². The second-order valence-electron chi connectivity index (χ2n) is 9.59. The topological polar surface area (TPSA) is 145 Å². The number of carbonyl (C=O) groups is 3. The number of hydrogen-bond acceptors (Lipinski definition) is 9. The van der Waals surface area contributed by atoms with Crippen LogP contribution in [0.4, 0.5) is 4.79 Å². The van der Waals surface area contributed by atoms with Crippen LogP contribution in [0.25, 0.3) is 0 Å². The molecule has 0 bridgehead atoms. The van der Waals surface area contributed by atoms with E-state index >= 15 is 0 Å². The molecule has 1 heterocycles. The van der Waals surface area contributed by atoms with Crippen molar-refractivity contribution in [3.05, 3.63) is 29.8 Å². The maximum absolute atomic E-state index is 12.3. The average Bonchev–Trinajstić information content (AvgIpc) is 3.40. The maximum Gasteiger partial charge on any atom is 0.407 e. The van der Waals surface area contributed by atoms with Crippen LogP contribution in [0, 0.1) is 5.92 Å². The third-order valence-corrected chi connectivity index (χ3v) is 6.45. The number of alkyl carbamates (subject to hydrolysis) is 1. The largest absolute Gasteiger partial charge is 0.493 e. The van der Waals surface area contributed by atoms with Gasteiger partial charge in [0, 0.05) is 24.9 Å². The SMILES string of the molecule is CCCCCC(C)C1OC(c2ccc(OCCCOC(=O)NCCCCCC(=O)NO)cc2)=NC1C(=O)OC. The highest BCUT2D eigenvalue weighted by molar-refractivity contribution is 5.98. The Balaban J connectivity index is 1.69. The van der Waals surface area contributed by atoms with Gasteiger partial charge in [-0.1, -0.05) is 39.5 Å². The predicted molar refractivity (Wildman–Crippen MR) is 145 cm³/mol. The van der Waals surface area contributed by atoms with Gasteiger partial charge in [-0.2, -0.15) is 0 Å². The van der Waals surface area contributed by atoms with E-state index in [1.807, 2.05) is 24.3 Å². The number of benzene rings is 1. The maximum atomic E-state index is 12.3. The zero-order chi connectivity index (χ0) is 28.5. The molecule has 0 saturated heterocycles. The first-order valence-corrected chi connectivity index (χ1v) is 13.8. The molecule has 2 rings (SSSR count). The summed E-state index contributed by atoms with van der Waals surface area (Å²) in [4.78, 5) is 39.5. The van der Waals surface area contributed by atoms with E-state index in [4.69, 9.17) is 24.2 Å². The van der Waals surface area contributed by atoms with E-state index < -0.39 is 24.0 Å². The molecule has 3 N–H and O–H groups in total. The summed E-state index contributed by atoms with van der Waals surface area (Å²) >= 11 is 0. The Morgan fingerprint density at radius 3 is 2.51 bits per heavy atom. The van der Waals surface area contributed by atoms with Gasteiger partial charge in [-0.05, 0) is 49.4 Å². The number of methoxy groups -OCH3 is 1. The van der Waals surface area contributed by atoms with Crippen molar-refractivity contribution in [2.24, 2.45) is 10.9 Å². The number of hydrogen-bond donors (Lipinski definition) is 3. The Bertz CT molecular complexity index is 922. The summed E-state index contributed by atoms with van der Waals surface area (Å²) in [6.07, 6.45) is 6.36. The summed E-state index contributed by atoms with van der Waals surface area (Å²) in [7, 11) is 1.37. The number of carbonyl (C=O) groups excluding carboxylic acids is 3. The lowest BCUT2D eigenvalue weighted by Crippen LogP contribution is -2.36. The number of esters is 1. The molecule has 1 aromatic carbocycles. The Labute approximate surface area is 230 Å². The van der Waals surface area contributed by atoms with Crippen LogP contribution in [0.3, 0.4) is 0 Å². The summed E-state index contributed by atoms with van der Waals surface area (Å²) in [5, 5.41) is 11.1. The first-order chi connectivity index (χ1) is 18.9. The number of aliphatic imine (C=N–C) groups is 1. The number of hydroxylamine groups is 1. The van der Waals surface area contributed by atoms with E-state index in [2.05, 4.69) is 24.2 Å². The summed E-state index contributed by atoms with van der Waals surface area (Å²) < 4.78 is 22.0. The van der Waals surface area contributed by atoms with Crippen molar-refractivity contribution in [2.45, 2.75) is 83.8 Å². The van der Waals surface area contributed by atoms with Crippen LogP contribution in [0.1, 0.15) is 77.2 Å². The van der Waals surface area contributed by atoms with E-state index in [-0.39, 0.29) is 25.0 Å². The summed E-state index contributed by atoms with van der Waals surface area (Å²) in [5.74, 6) is 0.451. The second-order valence-corrected chi connectivity index (χ2v) is 9.59. The Kier molecular flexibility index (Phi) is 14.7. The van der Waals surface area contributed by atoms with Crippen LogP contribution < -0.4 is 15.5 Å². The number of rotatable bonds is 18. The number of ether oxygens (including phenoxy) is 4. The molecule has 1 aliphatic heterocycles. The van der Waals surface area contributed by atoms with Crippen molar-refractivity contribution in [3.63, 3.8) is 0 Å². The van der Waals surface area contributed by atoms with Crippen LogP contribution in [0.5, 0.6) is 5.75 Å². The van der Waals surface area contributed by atoms with Gasteiger partial charge in [-0.3, -0.25) is 10.0 Å². The minimum absolute atomic E-state index is 0.168. The lowest BCUT2D eigenvalue weighted by atomic mass is 9.93. The lowest BCUT2D eigenvalue weighted by molar-refractivity contribution is -0.144.